The molecule has 0 radical (unpaired) electrons. The molecule has 0 unspecified atom stereocenters. The molecule has 2 aromatic carbocycles. The summed E-state index contributed by atoms with van der Waals surface area (Å²) in [5.74, 6) is -0.0705. The van der Waals surface area contributed by atoms with Gasteiger partial charge in [0.05, 0.1) is 0 Å². The molecule has 0 bridgehead atoms. The summed E-state index contributed by atoms with van der Waals surface area (Å²) in [6.45, 7) is 7.00. The molecule has 0 aliphatic heterocycles. The molecule has 0 saturated carbocycles. The maximum atomic E-state index is 10.8. The Morgan fingerprint density at radius 1 is 0.800 bits per heavy atom. The van der Waals surface area contributed by atoms with Crippen molar-refractivity contribution in [2.75, 3.05) is 0 Å². The van der Waals surface area contributed by atoms with E-state index in [9.17, 15) is 4.79 Å². The van der Waals surface area contributed by atoms with Gasteiger partial charge in [-0.25, -0.2) is 0 Å². The van der Waals surface area contributed by atoms with E-state index in [-0.39, 0.29) is 5.78 Å². The van der Waals surface area contributed by atoms with Gasteiger partial charge in [0, 0.05) is 0 Å². The molecule has 20 heavy (non-hydrogen) atoms. The molecule has 1 heteroatoms. The van der Waals surface area contributed by atoms with Gasteiger partial charge in [-0.1, -0.05) is 86.0 Å². The molecule has 0 N–H and O–H groups in total. The summed E-state index contributed by atoms with van der Waals surface area (Å²) >= 11 is 0. The highest BCUT2D eigenvalue weighted by molar-refractivity contribution is 6.01. The van der Waals surface area contributed by atoms with Crippen molar-refractivity contribution in [1.82, 2.24) is 0 Å². The Morgan fingerprint density at radius 3 is 1.70 bits per heavy atom. The number of carbonyl (C=O) groups is 1. The molecule has 0 fully saturated rings. The molecule has 0 spiro atoms. The summed E-state index contributed by atoms with van der Waals surface area (Å²) in [4.78, 5) is 10.8. The van der Waals surface area contributed by atoms with Crippen LogP contribution in [0.2, 0.25) is 0 Å². The topological polar surface area (TPSA) is 17.1 Å². The summed E-state index contributed by atoms with van der Waals surface area (Å²) in [5.41, 5.74) is 2.19. The van der Waals surface area contributed by atoms with Crippen LogP contribution in [-0.4, -0.2) is 5.78 Å². The summed E-state index contributed by atoms with van der Waals surface area (Å²) in [5, 5.41) is 0. The van der Waals surface area contributed by atoms with Crippen LogP contribution in [0.5, 0.6) is 0 Å². The van der Waals surface area contributed by atoms with Crippen molar-refractivity contribution in [3.63, 3.8) is 0 Å². The van der Waals surface area contributed by atoms with E-state index in [2.05, 4.69) is 13.2 Å². The summed E-state index contributed by atoms with van der Waals surface area (Å²) < 4.78 is 0. The second-order valence-corrected chi connectivity index (χ2v) is 3.97. The van der Waals surface area contributed by atoms with E-state index in [0.717, 1.165) is 5.56 Å². The highest BCUT2D eigenvalue weighted by Crippen LogP contribution is 2.00. The van der Waals surface area contributed by atoms with Crippen molar-refractivity contribution in [2.24, 2.45) is 0 Å². The number of carbonyl (C=O) groups excluding carboxylic acids is 1. The second kappa shape index (κ2) is 9.29. The molecule has 2 rings (SSSR count). The Morgan fingerprint density at radius 2 is 1.30 bits per heavy atom. The third-order valence-electron chi connectivity index (χ3n) is 2.48. The van der Waals surface area contributed by atoms with Gasteiger partial charge in [-0.2, -0.15) is 0 Å². The maximum absolute atomic E-state index is 10.8. The lowest BCUT2D eigenvalue weighted by atomic mass is 10.2. The zero-order valence-electron chi connectivity index (χ0n) is 11.4. The van der Waals surface area contributed by atoms with E-state index in [1.54, 1.807) is 6.08 Å². The molecular formula is C19H18O. The van der Waals surface area contributed by atoms with E-state index in [4.69, 9.17) is 0 Å². The number of rotatable bonds is 4. The number of hydrogen-bond acceptors (Lipinski definition) is 1. The van der Waals surface area contributed by atoms with Crippen LogP contribution >= 0.6 is 0 Å². The highest BCUT2D eigenvalue weighted by atomic mass is 16.1. The quantitative estimate of drug-likeness (QED) is 0.724. The normalized spacial score (nSPS) is 9.40. The van der Waals surface area contributed by atoms with Gasteiger partial charge in [0.2, 0.25) is 0 Å². The summed E-state index contributed by atoms with van der Waals surface area (Å²) in [6.07, 6.45) is 6.39. The molecular weight excluding hydrogens is 244 g/mol. The van der Waals surface area contributed by atoms with Crippen molar-refractivity contribution in [2.45, 2.75) is 0 Å². The Balaban J connectivity index is 0.000000217. The van der Waals surface area contributed by atoms with E-state index >= 15 is 0 Å². The van der Waals surface area contributed by atoms with Crippen molar-refractivity contribution < 1.29 is 4.79 Å². The van der Waals surface area contributed by atoms with Gasteiger partial charge in [0.15, 0.2) is 5.78 Å². The third-order valence-corrected chi connectivity index (χ3v) is 2.48. The zero-order chi connectivity index (χ0) is 14.6. The Labute approximate surface area is 120 Å². The third kappa shape index (κ3) is 6.31. The monoisotopic (exact) mass is 262 g/mol. The maximum Gasteiger partial charge on any atom is 0.178 e. The molecule has 0 amide bonds. The lowest BCUT2D eigenvalue weighted by molar-refractivity contribution is -0.110. The number of ketones is 1. The molecule has 0 heterocycles. The average molecular weight is 262 g/mol. The van der Waals surface area contributed by atoms with Gasteiger partial charge in [0.25, 0.3) is 0 Å². The van der Waals surface area contributed by atoms with Crippen LogP contribution in [-0.2, 0) is 4.79 Å². The first-order valence-corrected chi connectivity index (χ1v) is 6.33. The first kappa shape index (κ1) is 15.4. The van der Waals surface area contributed by atoms with Gasteiger partial charge in [-0.05, 0) is 23.3 Å². The first-order valence-electron chi connectivity index (χ1n) is 6.33. The van der Waals surface area contributed by atoms with Gasteiger partial charge in [0.1, 0.15) is 0 Å². The number of hydrogen-bond donors (Lipinski definition) is 0. The molecule has 0 aromatic heterocycles. The van der Waals surface area contributed by atoms with Crippen LogP contribution < -0.4 is 0 Å². The van der Waals surface area contributed by atoms with Gasteiger partial charge >= 0.3 is 0 Å². The van der Waals surface area contributed by atoms with E-state index in [0.29, 0.717) is 0 Å². The fourth-order valence-corrected chi connectivity index (χ4v) is 1.40. The van der Waals surface area contributed by atoms with Crippen molar-refractivity contribution >= 4 is 17.9 Å². The van der Waals surface area contributed by atoms with Crippen LogP contribution in [0, 0.1) is 0 Å². The SMILES string of the molecule is C=CC(=O)C=Cc1ccccc1.C=Cc1ccccc1. The Kier molecular flexibility index (Phi) is 7.14. The van der Waals surface area contributed by atoms with Crippen molar-refractivity contribution in [3.8, 4) is 0 Å². The molecule has 100 valence electrons. The van der Waals surface area contributed by atoms with E-state index in [1.807, 2.05) is 66.7 Å². The van der Waals surface area contributed by atoms with Crippen molar-refractivity contribution in [3.05, 3.63) is 97.1 Å². The fourth-order valence-electron chi connectivity index (χ4n) is 1.40. The fraction of sp³-hybridized carbons (Fsp3) is 0. The van der Waals surface area contributed by atoms with Crippen LogP contribution in [0.4, 0.5) is 0 Å². The van der Waals surface area contributed by atoms with Gasteiger partial charge in [-0.3, -0.25) is 4.79 Å². The van der Waals surface area contributed by atoms with Crippen LogP contribution in [0.3, 0.4) is 0 Å². The molecule has 1 nitrogen and oxygen atoms in total. The summed E-state index contributed by atoms with van der Waals surface area (Å²) in [6, 6.07) is 19.7. The molecule has 0 saturated heterocycles. The average Bonchev–Trinajstić information content (AvgIpc) is 2.55. The van der Waals surface area contributed by atoms with E-state index < -0.39 is 0 Å². The van der Waals surface area contributed by atoms with Crippen LogP contribution in [0.25, 0.3) is 12.2 Å². The highest BCUT2D eigenvalue weighted by Gasteiger charge is 1.86. The molecule has 2 aromatic rings. The predicted molar refractivity (Wildman–Crippen MR) is 87.2 cm³/mol. The predicted octanol–water partition coefficient (Wildman–Crippen LogP) is 4.78. The number of benzene rings is 2. The van der Waals surface area contributed by atoms with Crippen molar-refractivity contribution in [1.29, 1.82) is 0 Å². The lowest BCUT2D eigenvalue weighted by Crippen LogP contribution is -1.82. The van der Waals surface area contributed by atoms with Gasteiger partial charge < -0.3 is 0 Å². The minimum Gasteiger partial charge on any atom is -0.290 e. The first-order chi connectivity index (χ1) is 9.76. The lowest BCUT2D eigenvalue weighted by Gasteiger charge is -1.88. The molecule has 0 aliphatic carbocycles. The van der Waals surface area contributed by atoms with Crippen LogP contribution in [0.15, 0.2) is 86.0 Å². The number of allylic oxidation sites excluding steroid dienone is 2. The van der Waals surface area contributed by atoms with E-state index in [1.165, 1.54) is 17.7 Å². The second-order valence-electron chi connectivity index (χ2n) is 3.97. The Hall–Kier alpha value is -2.67. The molecule has 0 atom stereocenters. The minimum atomic E-state index is -0.0705. The zero-order valence-corrected chi connectivity index (χ0v) is 11.4. The minimum absolute atomic E-state index is 0.0705. The standard InChI is InChI=1S/C11H10O.C8H8/c1-2-11(12)9-8-10-6-4-3-5-7-10;1-2-8-6-4-3-5-7-8/h2-9H,1H2;2-7H,1H2. The smallest absolute Gasteiger partial charge is 0.178 e. The largest absolute Gasteiger partial charge is 0.290 e. The van der Waals surface area contributed by atoms with Crippen LogP contribution in [0.1, 0.15) is 11.1 Å². The Bertz CT molecular complexity index is 565. The van der Waals surface area contributed by atoms with Gasteiger partial charge in [-0.15, -0.1) is 0 Å². The summed E-state index contributed by atoms with van der Waals surface area (Å²) in [7, 11) is 0. The molecule has 0 aliphatic rings.